The van der Waals surface area contributed by atoms with Gasteiger partial charge in [-0.1, -0.05) is 59.1 Å². The summed E-state index contributed by atoms with van der Waals surface area (Å²) >= 11 is 23.1. The van der Waals surface area contributed by atoms with Crippen LogP contribution in [-0.2, 0) is 0 Å². The van der Waals surface area contributed by atoms with Gasteiger partial charge >= 0.3 is 0 Å². The van der Waals surface area contributed by atoms with Crippen molar-refractivity contribution in [2.24, 2.45) is 0 Å². The van der Waals surface area contributed by atoms with Crippen LogP contribution in [0.15, 0.2) is 48.5 Å². The molecule has 1 atom stereocenters. The standard InChI is InChI=1S/C17H15Cl3N4O3S/c1-10-5-2-3-8-13(10)21-16(28)23-15(17(18,19)20)22-14(25)11-6-4-7-12(9-11)24(26)27/h2-9,15H,1H3,(H,22,25)(H2,21,23,28). The first kappa shape index (κ1) is 22.2. The zero-order valence-electron chi connectivity index (χ0n) is 14.4. The average molecular weight is 462 g/mol. The minimum atomic E-state index is -1.95. The number of para-hydroxylation sites is 1. The molecular formula is C17H15Cl3N4O3S. The van der Waals surface area contributed by atoms with Gasteiger partial charge in [-0.2, -0.15) is 0 Å². The van der Waals surface area contributed by atoms with Crippen LogP contribution in [0.25, 0.3) is 0 Å². The van der Waals surface area contributed by atoms with Crippen molar-refractivity contribution in [2.45, 2.75) is 16.9 Å². The van der Waals surface area contributed by atoms with Gasteiger partial charge in [-0.15, -0.1) is 0 Å². The van der Waals surface area contributed by atoms with Crippen LogP contribution in [0.4, 0.5) is 11.4 Å². The van der Waals surface area contributed by atoms with Crippen molar-refractivity contribution < 1.29 is 9.72 Å². The molecule has 28 heavy (non-hydrogen) atoms. The number of aryl methyl sites for hydroxylation is 1. The summed E-state index contributed by atoms with van der Waals surface area (Å²) in [6, 6.07) is 12.6. The summed E-state index contributed by atoms with van der Waals surface area (Å²) in [6.45, 7) is 1.89. The number of benzene rings is 2. The highest BCUT2D eigenvalue weighted by molar-refractivity contribution is 7.80. The van der Waals surface area contributed by atoms with E-state index in [0.717, 1.165) is 17.3 Å². The SMILES string of the molecule is Cc1ccccc1NC(=S)NC(NC(=O)c1cccc([N+](=O)[O-])c1)C(Cl)(Cl)Cl. The highest BCUT2D eigenvalue weighted by Crippen LogP contribution is 2.29. The molecule has 11 heteroatoms. The number of halogens is 3. The van der Waals surface area contributed by atoms with E-state index in [1.54, 1.807) is 0 Å². The van der Waals surface area contributed by atoms with Crippen molar-refractivity contribution in [1.82, 2.24) is 10.6 Å². The maximum absolute atomic E-state index is 12.5. The molecular weight excluding hydrogens is 447 g/mol. The number of hydrogen-bond acceptors (Lipinski definition) is 4. The third kappa shape index (κ3) is 6.20. The van der Waals surface area contributed by atoms with Crippen molar-refractivity contribution in [3.63, 3.8) is 0 Å². The number of alkyl halides is 3. The highest BCUT2D eigenvalue weighted by Gasteiger charge is 2.35. The Labute approximate surface area is 181 Å². The van der Waals surface area contributed by atoms with Crippen molar-refractivity contribution in [3.8, 4) is 0 Å². The largest absolute Gasteiger partial charge is 0.339 e. The van der Waals surface area contributed by atoms with Crippen LogP contribution in [-0.4, -0.2) is 25.9 Å². The molecule has 0 saturated heterocycles. The molecule has 2 aromatic carbocycles. The van der Waals surface area contributed by atoms with Crippen LogP contribution in [0.5, 0.6) is 0 Å². The molecule has 0 aliphatic rings. The summed E-state index contributed by atoms with van der Waals surface area (Å²) in [5, 5.41) is 19.1. The van der Waals surface area contributed by atoms with Crippen LogP contribution in [0.1, 0.15) is 15.9 Å². The molecule has 3 N–H and O–H groups in total. The number of amides is 1. The number of thiocarbonyl (C=S) groups is 1. The molecule has 2 rings (SSSR count). The summed E-state index contributed by atoms with van der Waals surface area (Å²) < 4.78 is -1.95. The van der Waals surface area contributed by atoms with Crippen molar-refractivity contribution >= 4 is 69.4 Å². The Morgan fingerprint density at radius 3 is 2.43 bits per heavy atom. The van der Waals surface area contributed by atoms with Crippen LogP contribution < -0.4 is 16.0 Å². The molecule has 0 spiro atoms. The quantitative estimate of drug-likeness (QED) is 0.202. The van der Waals surface area contributed by atoms with Crippen LogP contribution in [0.3, 0.4) is 0 Å². The fourth-order valence-corrected chi connectivity index (χ4v) is 2.73. The number of carbonyl (C=O) groups is 1. The number of nitro benzene ring substituents is 1. The third-order valence-corrected chi connectivity index (χ3v) is 4.47. The Morgan fingerprint density at radius 2 is 1.82 bits per heavy atom. The number of nitrogens with zero attached hydrogens (tertiary/aromatic N) is 1. The number of carbonyl (C=O) groups excluding carboxylic acids is 1. The first-order chi connectivity index (χ1) is 13.1. The molecule has 1 unspecified atom stereocenters. The number of nitro groups is 1. The summed E-state index contributed by atoms with van der Waals surface area (Å²) in [4.78, 5) is 22.7. The van der Waals surface area contributed by atoms with E-state index in [2.05, 4.69) is 16.0 Å². The monoisotopic (exact) mass is 460 g/mol. The Hall–Kier alpha value is -2.13. The molecule has 7 nitrogen and oxygen atoms in total. The van der Waals surface area contributed by atoms with Crippen LogP contribution in [0.2, 0.25) is 0 Å². The lowest BCUT2D eigenvalue weighted by Gasteiger charge is -2.28. The maximum Gasteiger partial charge on any atom is 0.270 e. The molecule has 2 aromatic rings. The smallest absolute Gasteiger partial charge is 0.270 e. The summed E-state index contributed by atoms with van der Waals surface area (Å²) in [7, 11) is 0. The second-order valence-electron chi connectivity index (χ2n) is 5.67. The Balaban J connectivity index is 2.12. The van der Waals surface area contributed by atoms with Gasteiger partial charge in [0.15, 0.2) is 5.11 Å². The van der Waals surface area contributed by atoms with Crippen molar-refractivity contribution in [3.05, 3.63) is 69.8 Å². The van der Waals surface area contributed by atoms with Crippen LogP contribution in [0, 0.1) is 17.0 Å². The van der Waals surface area contributed by atoms with Crippen LogP contribution >= 0.6 is 47.0 Å². The predicted molar refractivity (Wildman–Crippen MR) is 115 cm³/mol. The topological polar surface area (TPSA) is 96.3 Å². The molecule has 148 valence electrons. The van der Waals surface area contributed by atoms with E-state index >= 15 is 0 Å². The Kier molecular flexibility index (Phi) is 7.42. The second-order valence-corrected chi connectivity index (χ2v) is 8.45. The number of hydrogen-bond donors (Lipinski definition) is 3. The van der Waals surface area contributed by atoms with Gasteiger partial charge in [0.2, 0.25) is 3.79 Å². The molecule has 0 fully saturated rings. The Morgan fingerprint density at radius 1 is 1.14 bits per heavy atom. The Bertz CT molecular complexity index is 905. The fraction of sp³-hybridized carbons (Fsp3) is 0.176. The normalized spacial score (nSPS) is 12.0. The first-order valence-electron chi connectivity index (χ1n) is 7.83. The lowest BCUT2D eigenvalue weighted by molar-refractivity contribution is -0.384. The van der Waals surface area contributed by atoms with E-state index in [-0.39, 0.29) is 16.4 Å². The van der Waals surface area contributed by atoms with Gasteiger partial charge in [0, 0.05) is 23.4 Å². The molecule has 0 saturated carbocycles. The van der Waals surface area contributed by atoms with Gasteiger partial charge < -0.3 is 16.0 Å². The molecule has 0 radical (unpaired) electrons. The van der Waals surface area contributed by atoms with E-state index in [4.69, 9.17) is 47.0 Å². The van der Waals surface area contributed by atoms with Gasteiger partial charge in [0.05, 0.1) is 4.92 Å². The molecule has 0 heterocycles. The van der Waals surface area contributed by atoms with E-state index in [9.17, 15) is 14.9 Å². The van der Waals surface area contributed by atoms with Crippen molar-refractivity contribution in [1.29, 1.82) is 0 Å². The van der Waals surface area contributed by atoms with E-state index in [1.165, 1.54) is 18.2 Å². The highest BCUT2D eigenvalue weighted by atomic mass is 35.6. The van der Waals surface area contributed by atoms with Crippen molar-refractivity contribution in [2.75, 3.05) is 5.32 Å². The molecule has 0 aromatic heterocycles. The second kappa shape index (κ2) is 9.38. The van der Waals surface area contributed by atoms with Gasteiger partial charge in [0.1, 0.15) is 6.17 Å². The summed E-state index contributed by atoms with van der Waals surface area (Å²) in [5.41, 5.74) is 1.49. The average Bonchev–Trinajstić information content (AvgIpc) is 2.62. The molecule has 0 bridgehead atoms. The number of non-ortho nitro benzene ring substituents is 1. The zero-order valence-corrected chi connectivity index (χ0v) is 17.5. The first-order valence-corrected chi connectivity index (χ1v) is 9.37. The third-order valence-electron chi connectivity index (χ3n) is 3.59. The maximum atomic E-state index is 12.5. The molecule has 1 amide bonds. The van der Waals surface area contributed by atoms with Gasteiger partial charge in [0.25, 0.3) is 11.6 Å². The molecule has 0 aliphatic heterocycles. The minimum Gasteiger partial charge on any atom is -0.339 e. The summed E-state index contributed by atoms with van der Waals surface area (Å²) in [6.07, 6.45) is -1.20. The van der Waals surface area contributed by atoms with Gasteiger partial charge in [-0.05, 0) is 36.8 Å². The van der Waals surface area contributed by atoms with E-state index in [0.29, 0.717) is 0 Å². The lowest BCUT2D eigenvalue weighted by atomic mass is 10.2. The van der Waals surface area contributed by atoms with Gasteiger partial charge in [-0.3, -0.25) is 14.9 Å². The predicted octanol–water partition coefficient (Wildman–Crippen LogP) is 4.32. The number of rotatable bonds is 5. The van der Waals surface area contributed by atoms with E-state index in [1.807, 2.05) is 31.2 Å². The minimum absolute atomic E-state index is 0.0352. The number of anilines is 1. The summed E-state index contributed by atoms with van der Waals surface area (Å²) in [5.74, 6) is -0.675. The van der Waals surface area contributed by atoms with Gasteiger partial charge in [-0.25, -0.2) is 0 Å². The zero-order chi connectivity index (χ0) is 20.9. The fourth-order valence-electron chi connectivity index (χ4n) is 2.18. The van der Waals surface area contributed by atoms with E-state index < -0.39 is 20.8 Å². The molecule has 0 aliphatic carbocycles. The lowest BCUT2D eigenvalue weighted by Crippen LogP contribution is -2.56. The number of nitrogens with one attached hydrogen (secondary N) is 3.